The first-order chi connectivity index (χ1) is 24.5. The number of hydrogen-bond donors (Lipinski definition) is 2. The number of carbonyl (C=O) groups excluding carboxylic acids is 2. The molecule has 0 aliphatic rings. The molecule has 0 aliphatic heterocycles. The molecular formula is C40H39N7O3. The van der Waals surface area contributed by atoms with E-state index in [0.29, 0.717) is 35.8 Å². The lowest BCUT2D eigenvalue weighted by atomic mass is 10.1. The fourth-order valence-electron chi connectivity index (χ4n) is 5.51. The first-order valence-corrected chi connectivity index (χ1v) is 17.0. The first kappa shape index (κ1) is 33.8. The minimum Gasteiger partial charge on any atom is -0.493 e. The molecular weight excluding hydrogens is 626 g/mol. The van der Waals surface area contributed by atoms with Crippen LogP contribution in [0.2, 0.25) is 0 Å². The predicted molar refractivity (Wildman–Crippen MR) is 196 cm³/mol. The molecule has 0 fully saturated rings. The van der Waals surface area contributed by atoms with Crippen molar-refractivity contribution in [2.75, 3.05) is 17.2 Å². The molecule has 0 bridgehead atoms. The van der Waals surface area contributed by atoms with Gasteiger partial charge < -0.3 is 19.9 Å². The van der Waals surface area contributed by atoms with Crippen LogP contribution in [0, 0.1) is 11.8 Å². The SMILES string of the molecule is CCCCCC#Cc1cccc(Cn2cnc3c(NC(=O)c4cc(OCCCC)cc(C(=O)Nc5cccc6ccccc56)n4)ncnc32)c1. The number of fused-ring (bicyclic) bond motifs is 2. The Labute approximate surface area is 291 Å². The van der Waals surface area contributed by atoms with E-state index in [0.717, 1.165) is 47.6 Å². The molecule has 10 heteroatoms. The molecule has 2 amide bonds. The van der Waals surface area contributed by atoms with Crippen LogP contribution in [0.1, 0.15) is 84.5 Å². The lowest BCUT2D eigenvalue weighted by Gasteiger charge is -2.12. The van der Waals surface area contributed by atoms with Crippen LogP contribution in [-0.4, -0.2) is 42.9 Å². The summed E-state index contributed by atoms with van der Waals surface area (Å²) in [6, 6.07) is 24.6. The Morgan fingerprint density at radius 2 is 1.60 bits per heavy atom. The topological polar surface area (TPSA) is 124 Å². The summed E-state index contributed by atoms with van der Waals surface area (Å²) in [6.45, 7) is 5.19. The van der Waals surface area contributed by atoms with Crippen LogP contribution in [0.4, 0.5) is 11.5 Å². The van der Waals surface area contributed by atoms with Gasteiger partial charge in [-0.25, -0.2) is 19.9 Å². The third kappa shape index (κ3) is 8.31. The molecule has 2 N–H and O–H groups in total. The van der Waals surface area contributed by atoms with E-state index in [-0.39, 0.29) is 17.2 Å². The quantitative estimate of drug-likeness (QED) is 0.0945. The zero-order valence-electron chi connectivity index (χ0n) is 28.3. The van der Waals surface area contributed by atoms with Crippen molar-refractivity contribution < 1.29 is 14.3 Å². The zero-order chi connectivity index (χ0) is 34.7. The van der Waals surface area contributed by atoms with E-state index >= 15 is 0 Å². The second-order valence-corrected chi connectivity index (χ2v) is 11.9. The first-order valence-electron chi connectivity index (χ1n) is 17.0. The molecule has 0 unspecified atom stereocenters. The molecule has 6 aromatic rings. The summed E-state index contributed by atoms with van der Waals surface area (Å²) in [5.74, 6) is 6.10. The Kier molecular flexibility index (Phi) is 11.1. The highest BCUT2D eigenvalue weighted by Gasteiger charge is 2.19. The second kappa shape index (κ2) is 16.3. The van der Waals surface area contributed by atoms with Gasteiger partial charge >= 0.3 is 0 Å². The van der Waals surface area contributed by atoms with E-state index < -0.39 is 11.8 Å². The molecule has 3 aromatic heterocycles. The third-order valence-corrected chi connectivity index (χ3v) is 8.12. The van der Waals surface area contributed by atoms with Crippen LogP contribution in [0.15, 0.2) is 91.5 Å². The molecule has 0 saturated heterocycles. The van der Waals surface area contributed by atoms with Crippen LogP contribution in [0.5, 0.6) is 5.75 Å². The van der Waals surface area contributed by atoms with E-state index in [9.17, 15) is 9.59 Å². The van der Waals surface area contributed by atoms with Crippen molar-refractivity contribution in [3.05, 3.63) is 114 Å². The van der Waals surface area contributed by atoms with Crippen molar-refractivity contribution in [3.63, 3.8) is 0 Å². The number of imidazole rings is 1. The molecule has 10 nitrogen and oxygen atoms in total. The molecule has 3 aromatic carbocycles. The highest BCUT2D eigenvalue weighted by atomic mass is 16.5. The Balaban J connectivity index is 1.22. The van der Waals surface area contributed by atoms with Gasteiger partial charge in [0.15, 0.2) is 17.0 Å². The molecule has 0 atom stereocenters. The van der Waals surface area contributed by atoms with Gasteiger partial charge in [0, 0.05) is 35.2 Å². The van der Waals surface area contributed by atoms with E-state index in [4.69, 9.17) is 4.74 Å². The standard InChI is InChI=1S/C40H39N7O3/c1-3-5-7-8-9-14-28-15-12-16-29(22-28)25-47-27-43-36-37(41-26-42-38(36)47)46-40(49)35-24-31(50-21-6-4-2)23-34(44-35)39(48)45-33-20-13-18-30-17-10-11-19-32(30)33/h10-13,15-20,22-24,26-27H,3-8,21,25H2,1-2H3,(H,45,48)(H,41,42,46,49). The van der Waals surface area contributed by atoms with Crippen molar-refractivity contribution in [1.82, 2.24) is 24.5 Å². The van der Waals surface area contributed by atoms with E-state index in [1.165, 1.54) is 25.2 Å². The summed E-state index contributed by atoms with van der Waals surface area (Å²) < 4.78 is 7.82. The fraction of sp³-hybridized carbons (Fsp3) is 0.250. The largest absolute Gasteiger partial charge is 0.493 e. The van der Waals surface area contributed by atoms with Gasteiger partial charge in [0.05, 0.1) is 19.5 Å². The number of aromatic nitrogens is 5. The number of hydrogen-bond acceptors (Lipinski definition) is 7. The second-order valence-electron chi connectivity index (χ2n) is 11.9. The average molecular weight is 666 g/mol. The van der Waals surface area contributed by atoms with Crippen molar-refractivity contribution in [2.24, 2.45) is 0 Å². The van der Waals surface area contributed by atoms with Crippen LogP contribution in [0.3, 0.4) is 0 Å². The van der Waals surface area contributed by atoms with Crippen LogP contribution >= 0.6 is 0 Å². The fourth-order valence-corrected chi connectivity index (χ4v) is 5.51. The zero-order valence-corrected chi connectivity index (χ0v) is 28.3. The van der Waals surface area contributed by atoms with E-state index in [1.54, 1.807) is 12.4 Å². The molecule has 0 aliphatic carbocycles. The molecule has 0 radical (unpaired) electrons. The summed E-state index contributed by atoms with van der Waals surface area (Å²) in [5.41, 5.74) is 3.68. The normalized spacial score (nSPS) is 10.8. The number of nitrogens with one attached hydrogen (secondary N) is 2. The predicted octanol–water partition coefficient (Wildman–Crippen LogP) is 8.04. The van der Waals surface area contributed by atoms with Gasteiger partial charge in [0.2, 0.25) is 0 Å². The number of rotatable bonds is 13. The minimum atomic E-state index is -0.565. The van der Waals surface area contributed by atoms with Gasteiger partial charge in [-0.05, 0) is 42.0 Å². The highest BCUT2D eigenvalue weighted by Crippen LogP contribution is 2.25. The summed E-state index contributed by atoms with van der Waals surface area (Å²) in [6.07, 6.45) is 9.18. The van der Waals surface area contributed by atoms with Gasteiger partial charge in [-0.1, -0.05) is 93.5 Å². The molecule has 3 heterocycles. The van der Waals surface area contributed by atoms with Gasteiger partial charge in [-0.15, -0.1) is 0 Å². The Hall–Kier alpha value is -6.08. The maximum Gasteiger partial charge on any atom is 0.275 e. The Morgan fingerprint density at radius 1 is 0.820 bits per heavy atom. The number of benzene rings is 3. The van der Waals surface area contributed by atoms with Crippen molar-refractivity contribution in [2.45, 2.75) is 58.9 Å². The van der Waals surface area contributed by atoms with Gasteiger partial charge in [0.1, 0.15) is 23.5 Å². The highest BCUT2D eigenvalue weighted by molar-refractivity contribution is 6.10. The number of carbonyl (C=O) groups is 2. The number of ether oxygens (including phenoxy) is 1. The third-order valence-electron chi connectivity index (χ3n) is 8.12. The maximum atomic E-state index is 13.7. The number of amides is 2. The molecule has 50 heavy (non-hydrogen) atoms. The van der Waals surface area contributed by atoms with Gasteiger partial charge in [-0.3, -0.25) is 9.59 Å². The summed E-state index contributed by atoms with van der Waals surface area (Å²) >= 11 is 0. The van der Waals surface area contributed by atoms with Crippen LogP contribution < -0.4 is 15.4 Å². The molecule has 0 spiro atoms. The number of nitrogens with zero attached hydrogens (tertiary/aromatic N) is 5. The van der Waals surface area contributed by atoms with E-state index in [2.05, 4.69) is 62.3 Å². The minimum absolute atomic E-state index is 0.000816. The average Bonchev–Trinajstić information content (AvgIpc) is 3.55. The smallest absolute Gasteiger partial charge is 0.275 e. The van der Waals surface area contributed by atoms with Crippen molar-refractivity contribution >= 4 is 45.3 Å². The van der Waals surface area contributed by atoms with Crippen LogP contribution in [0.25, 0.3) is 21.9 Å². The lowest BCUT2D eigenvalue weighted by molar-refractivity contribution is 0.101. The number of pyridine rings is 1. The summed E-state index contributed by atoms with van der Waals surface area (Å²) in [5, 5.41) is 7.66. The van der Waals surface area contributed by atoms with Crippen molar-refractivity contribution in [3.8, 4) is 17.6 Å². The molecule has 6 rings (SSSR count). The number of unbranched alkanes of at least 4 members (excludes halogenated alkanes) is 4. The Bertz CT molecular complexity index is 2190. The van der Waals surface area contributed by atoms with Crippen LogP contribution in [-0.2, 0) is 6.54 Å². The monoisotopic (exact) mass is 665 g/mol. The van der Waals surface area contributed by atoms with Gasteiger partial charge in [0.25, 0.3) is 11.8 Å². The van der Waals surface area contributed by atoms with Gasteiger partial charge in [-0.2, -0.15) is 0 Å². The molecule has 252 valence electrons. The Morgan fingerprint density at radius 3 is 2.44 bits per heavy atom. The lowest BCUT2D eigenvalue weighted by Crippen LogP contribution is -2.20. The summed E-state index contributed by atoms with van der Waals surface area (Å²) in [7, 11) is 0. The summed E-state index contributed by atoms with van der Waals surface area (Å²) in [4.78, 5) is 44.9. The van der Waals surface area contributed by atoms with Crippen molar-refractivity contribution in [1.29, 1.82) is 0 Å². The van der Waals surface area contributed by atoms with E-state index in [1.807, 2.05) is 65.2 Å². The maximum absolute atomic E-state index is 13.7. The molecule has 0 saturated carbocycles. The number of anilines is 2.